The van der Waals surface area contributed by atoms with Crippen molar-refractivity contribution >= 4 is 17.0 Å². The van der Waals surface area contributed by atoms with Gasteiger partial charge in [-0.05, 0) is 24.3 Å². The molecule has 2 aromatic carbocycles. The Labute approximate surface area is 117 Å². The van der Waals surface area contributed by atoms with E-state index in [0.717, 1.165) is 0 Å². The van der Waals surface area contributed by atoms with Crippen molar-refractivity contribution in [1.82, 2.24) is 9.55 Å². The number of benzene rings is 2. The molecule has 0 saturated heterocycles. The van der Waals surface area contributed by atoms with Crippen molar-refractivity contribution in [3.63, 3.8) is 0 Å². The number of anilines is 1. The van der Waals surface area contributed by atoms with Crippen molar-refractivity contribution in [2.24, 2.45) is 0 Å². The van der Waals surface area contributed by atoms with Crippen molar-refractivity contribution in [2.45, 2.75) is 6.36 Å². The van der Waals surface area contributed by atoms with Gasteiger partial charge >= 0.3 is 6.36 Å². The Kier molecular flexibility index (Phi) is 2.97. The van der Waals surface area contributed by atoms with Gasteiger partial charge < -0.3 is 10.5 Å². The van der Waals surface area contributed by atoms with Gasteiger partial charge in [0.05, 0.1) is 16.7 Å². The van der Waals surface area contributed by atoms with E-state index in [9.17, 15) is 13.2 Å². The minimum Gasteiger partial charge on any atom is -0.404 e. The monoisotopic (exact) mass is 293 g/mol. The van der Waals surface area contributed by atoms with E-state index >= 15 is 0 Å². The molecular weight excluding hydrogens is 283 g/mol. The summed E-state index contributed by atoms with van der Waals surface area (Å²) < 4.78 is 43.0. The smallest absolute Gasteiger partial charge is 0.404 e. The fraction of sp³-hybridized carbons (Fsp3) is 0.0714. The molecule has 1 heterocycles. The van der Waals surface area contributed by atoms with E-state index in [1.54, 1.807) is 30.3 Å². The summed E-state index contributed by atoms with van der Waals surface area (Å²) in [6.07, 6.45) is -4.78. The molecule has 4 nitrogen and oxygen atoms in total. The standard InChI is InChI=1S/C14H10F3N3O/c15-14(16,17)21-12-8-4-3-7-11(12)20-10-6-2-1-5-9(10)19-13(20)18/h1-8H,(H2,18,19). The van der Waals surface area contributed by atoms with Crippen LogP contribution in [0.25, 0.3) is 16.7 Å². The lowest BCUT2D eigenvalue weighted by Gasteiger charge is -2.14. The number of nitrogens with zero attached hydrogens (tertiary/aromatic N) is 2. The first-order valence-electron chi connectivity index (χ1n) is 6.04. The number of aromatic nitrogens is 2. The number of ether oxygens (including phenoxy) is 1. The predicted molar refractivity (Wildman–Crippen MR) is 72.2 cm³/mol. The Morgan fingerprint density at radius 2 is 1.67 bits per heavy atom. The van der Waals surface area contributed by atoms with E-state index in [2.05, 4.69) is 9.72 Å². The quantitative estimate of drug-likeness (QED) is 0.786. The van der Waals surface area contributed by atoms with Crippen LogP contribution in [0.5, 0.6) is 5.75 Å². The zero-order chi connectivity index (χ0) is 15.0. The number of hydrogen-bond acceptors (Lipinski definition) is 3. The van der Waals surface area contributed by atoms with Crippen LogP contribution < -0.4 is 10.5 Å². The van der Waals surface area contributed by atoms with Crippen molar-refractivity contribution in [3.05, 3.63) is 48.5 Å². The lowest BCUT2D eigenvalue weighted by molar-refractivity contribution is -0.274. The molecule has 3 rings (SSSR count). The van der Waals surface area contributed by atoms with E-state index in [1.165, 1.54) is 22.8 Å². The first-order chi connectivity index (χ1) is 9.96. The van der Waals surface area contributed by atoms with E-state index in [-0.39, 0.29) is 17.4 Å². The Bertz CT molecular complexity index is 796. The third-order valence-electron chi connectivity index (χ3n) is 2.92. The highest BCUT2D eigenvalue weighted by Crippen LogP contribution is 2.32. The molecule has 0 fully saturated rings. The Hall–Kier alpha value is -2.70. The first kappa shape index (κ1) is 13.3. The molecule has 0 spiro atoms. The number of rotatable bonds is 2. The summed E-state index contributed by atoms with van der Waals surface area (Å²) in [7, 11) is 0. The topological polar surface area (TPSA) is 53.1 Å². The number of halogens is 3. The van der Waals surface area contributed by atoms with Gasteiger partial charge in [0, 0.05) is 0 Å². The largest absolute Gasteiger partial charge is 0.573 e. The minimum absolute atomic E-state index is 0.0921. The first-order valence-corrected chi connectivity index (χ1v) is 6.04. The Morgan fingerprint density at radius 1 is 1.00 bits per heavy atom. The van der Waals surface area contributed by atoms with Crippen LogP contribution in [0.1, 0.15) is 0 Å². The molecule has 0 saturated carbocycles. The molecule has 0 bridgehead atoms. The SMILES string of the molecule is Nc1nc2ccccc2n1-c1ccccc1OC(F)(F)F. The lowest BCUT2D eigenvalue weighted by Crippen LogP contribution is -2.18. The maximum absolute atomic E-state index is 12.5. The molecule has 1 aromatic heterocycles. The summed E-state index contributed by atoms with van der Waals surface area (Å²) in [6, 6.07) is 12.8. The average Bonchev–Trinajstić information content (AvgIpc) is 2.73. The van der Waals surface area contributed by atoms with Crippen molar-refractivity contribution in [1.29, 1.82) is 0 Å². The summed E-state index contributed by atoms with van der Waals surface area (Å²) >= 11 is 0. The number of alkyl halides is 3. The highest BCUT2D eigenvalue weighted by atomic mass is 19.4. The molecule has 7 heteroatoms. The third-order valence-corrected chi connectivity index (χ3v) is 2.92. The number of para-hydroxylation sites is 4. The van der Waals surface area contributed by atoms with Crippen LogP contribution in [0.15, 0.2) is 48.5 Å². The van der Waals surface area contributed by atoms with Gasteiger partial charge in [0.15, 0.2) is 5.75 Å². The normalized spacial score (nSPS) is 11.8. The molecule has 0 aliphatic heterocycles. The van der Waals surface area contributed by atoms with Crippen LogP contribution in [0, 0.1) is 0 Å². The van der Waals surface area contributed by atoms with Gasteiger partial charge in [-0.1, -0.05) is 24.3 Å². The lowest BCUT2D eigenvalue weighted by atomic mass is 10.2. The van der Waals surface area contributed by atoms with Gasteiger partial charge in [-0.15, -0.1) is 13.2 Å². The second kappa shape index (κ2) is 4.69. The molecule has 0 aliphatic rings. The molecule has 0 unspecified atom stereocenters. The van der Waals surface area contributed by atoms with Crippen LogP contribution in [-0.4, -0.2) is 15.9 Å². The van der Waals surface area contributed by atoms with Crippen LogP contribution >= 0.6 is 0 Å². The maximum Gasteiger partial charge on any atom is 0.573 e. The van der Waals surface area contributed by atoms with E-state index < -0.39 is 6.36 Å². The Morgan fingerprint density at radius 3 is 2.43 bits per heavy atom. The third kappa shape index (κ3) is 2.49. The fourth-order valence-corrected chi connectivity index (χ4v) is 2.15. The van der Waals surface area contributed by atoms with Gasteiger partial charge in [0.1, 0.15) is 0 Å². The summed E-state index contributed by atoms with van der Waals surface area (Å²) in [4.78, 5) is 4.13. The molecule has 3 aromatic rings. The van der Waals surface area contributed by atoms with Crippen molar-refractivity contribution in [3.8, 4) is 11.4 Å². The summed E-state index contributed by atoms with van der Waals surface area (Å²) in [6.45, 7) is 0. The minimum atomic E-state index is -4.78. The van der Waals surface area contributed by atoms with Crippen LogP contribution in [0.3, 0.4) is 0 Å². The van der Waals surface area contributed by atoms with Crippen LogP contribution in [0.2, 0.25) is 0 Å². The fourth-order valence-electron chi connectivity index (χ4n) is 2.15. The average molecular weight is 293 g/mol. The van der Waals surface area contributed by atoms with Gasteiger partial charge in [0.2, 0.25) is 5.95 Å². The summed E-state index contributed by atoms with van der Waals surface area (Å²) in [5, 5.41) is 0. The summed E-state index contributed by atoms with van der Waals surface area (Å²) in [5.41, 5.74) is 7.21. The molecule has 2 N–H and O–H groups in total. The van der Waals surface area contributed by atoms with Crippen molar-refractivity contribution < 1.29 is 17.9 Å². The molecule has 108 valence electrons. The second-order valence-electron chi connectivity index (χ2n) is 4.31. The van der Waals surface area contributed by atoms with Gasteiger partial charge in [-0.3, -0.25) is 4.57 Å². The second-order valence-corrected chi connectivity index (χ2v) is 4.31. The number of fused-ring (bicyclic) bond motifs is 1. The molecule has 21 heavy (non-hydrogen) atoms. The van der Waals surface area contributed by atoms with Crippen LogP contribution in [0.4, 0.5) is 19.1 Å². The van der Waals surface area contributed by atoms with Gasteiger partial charge in [0.25, 0.3) is 0 Å². The van der Waals surface area contributed by atoms with E-state index in [1.807, 2.05) is 0 Å². The highest BCUT2D eigenvalue weighted by Gasteiger charge is 2.32. The predicted octanol–water partition coefficient (Wildman–Crippen LogP) is 3.51. The molecule has 0 amide bonds. The number of imidazole rings is 1. The molecule has 0 atom stereocenters. The number of nitrogen functional groups attached to an aromatic ring is 1. The Balaban J connectivity index is 2.22. The molecule has 0 radical (unpaired) electrons. The van der Waals surface area contributed by atoms with Crippen LogP contribution in [-0.2, 0) is 0 Å². The maximum atomic E-state index is 12.5. The molecule has 0 aliphatic carbocycles. The van der Waals surface area contributed by atoms with Crippen molar-refractivity contribution in [2.75, 3.05) is 5.73 Å². The zero-order valence-corrected chi connectivity index (χ0v) is 10.6. The highest BCUT2D eigenvalue weighted by molar-refractivity contribution is 5.81. The van der Waals surface area contributed by atoms with Gasteiger partial charge in [-0.25, -0.2) is 4.98 Å². The molecular formula is C14H10F3N3O. The number of nitrogens with two attached hydrogens (primary N) is 1. The summed E-state index contributed by atoms with van der Waals surface area (Å²) in [5.74, 6) is -0.241. The van der Waals surface area contributed by atoms with Gasteiger partial charge in [-0.2, -0.15) is 0 Å². The number of hydrogen-bond donors (Lipinski definition) is 1. The van der Waals surface area contributed by atoms with E-state index in [4.69, 9.17) is 5.73 Å². The van der Waals surface area contributed by atoms with E-state index in [0.29, 0.717) is 11.0 Å². The zero-order valence-electron chi connectivity index (χ0n) is 10.6.